The van der Waals surface area contributed by atoms with E-state index in [1.807, 2.05) is 23.8 Å². The summed E-state index contributed by atoms with van der Waals surface area (Å²) in [5, 5.41) is 3.10. The van der Waals surface area contributed by atoms with E-state index in [-0.39, 0.29) is 0 Å². The molecule has 1 atom stereocenters. The lowest BCUT2D eigenvalue weighted by Crippen LogP contribution is -2.31. The SMILES string of the molecule is CNc1cn2ccnc2c(N(C)CC2CCCOC2)n1. The van der Waals surface area contributed by atoms with Gasteiger partial charge in [-0.05, 0) is 18.8 Å². The quantitative estimate of drug-likeness (QED) is 0.919. The van der Waals surface area contributed by atoms with Crippen LogP contribution >= 0.6 is 0 Å². The molecule has 1 aliphatic heterocycles. The minimum atomic E-state index is 0.573. The number of fused-ring (bicyclic) bond motifs is 1. The Bertz CT molecular complexity index is 576. The number of nitrogens with zero attached hydrogens (tertiary/aromatic N) is 4. The van der Waals surface area contributed by atoms with E-state index in [4.69, 9.17) is 4.74 Å². The molecule has 20 heavy (non-hydrogen) atoms. The molecular formula is C14H21N5O. The van der Waals surface area contributed by atoms with Gasteiger partial charge in [0.1, 0.15) is 5.82 Å². The van der Waals surface area contributed by atoms with Gasteiger partial charge in [0.2, 0.25) is 0 Å². The fourth-order valence-corrected chi connectivity index (χ4v) is 2.72. The van der Waals surface area contributed by atoms with Crippen LogP contribution in [-0.4, -0.2) is 48.2 Å². The Labute approximate surface area is 118 Å². The van der Waals surface area contributed by atoms with Crippen molar-refractivity contribution in [2.24, 2.45) is 5.92 Å². The molecule has 2 aromatic heterocycles. The van der Waals surface area contributed by atoms with Crippen LogP contribution in [0.4, 0.5) is 11.6 Å². The van der Waals surface area contributed by atoms with Crippen molar-refractivity contribution in [3.05, 3.63) is 18.6 Å². The maximum absolute atomic E-state index is 5.56. The minimum Gasteiger partial charge on any atom is -0.381 e. The first kappa shape index (κ1) is 13.2. The molecule has 1 aliphatic rings. The number of ether oxygens (including phenoxy) is 1. The molecule has 1 unspecified atom stereocenters. The van der Waals surface area contributed by atoms with E-state index >= 15 is 0 Å². The molecular weight excluding hydrogens is 254 g/mol. The van der Waals surface area contributed by atoms with Gasteiger partial charge in [-0.2, -0.15) is 0 Å². The van der Waals surface area contributed by atoms with Crippen LogP contribution in [0.2, 0.25) is 0 Å². The molecule has 0 saturated carbocycles. The number of anilines is 2. The van der Waals surface area contributed by atoms with Crippen molar-refractivity contribution in [1.29, 1.82) is 0 Å². The van der Waals surface area contributed by atoms with Crippen molar-refractivity contribution in [2.45, 2.75) is 12.8 Å². The Hall–Kier alpha value is -1.82. The summed E-state index contributed by atoms with van der Waals surface area (Å²) in [6, 6.07) is 0. The second-order valence-electron chi connectivity index (χ2n) is 5.32. The van der Waals surface area contributed by atoms with Gasteiger partial charge in [-0.3, -0.25) is 0 Å². The number of nitrogens with one attached hydrogen (secondary N) is 1. The smallest absolute Gasteiger partial charge is 0.180 e. The fraction of sp³-hybridized carbons (Fsp3) is 0.571. The second-order valence-corrected chi connectivity index (χ2v) is 5.32. The third-order valence-electron chi connectivity index (χ3n) is 3.76. The average molecular weight is 275 g/mol. The van der Waals surface area contributed by atoms with E-state index in [9.17, 15) is 0 Å². The van der Waals surface area contributed by atoms with Crippen molar-refractivity contribution in [2.75, 3.05) is 44.1 Å². The van der Waals surface area contributed by atoms with Gasteiger partial charge in [-0.25, -0.2) is 9.97 Å². The highest BCUT2D eigenvalue weighted by atomic mass is 16.5. The number of hydrogen-bond donors (Lipinski definition) is 1. The zero-order valence-corrected chi connectivity index (χ0v) is 12.0. The number of rotatable bonds is 4. The molecule has 108 valence electrons. The highest BCUT2D eigenvalue weighted by Gasteiger charge is 2.19. The van der Waals surface area contributed by atoms with E-state index < -0.39 is 0 Å². The minimum absolute atomic E-state index is 0.573. The lowest BCUT2D eigenvalue weighted by atomic mass is 10.0. The normalized spacial score (nSPS) is 19.2. The molecule has 0 amide bonds. The Morgan fingerprint density at radius 3 is 3.20 bits per heavy atom. The zero-order chi connectivity index (χ0) is 13.9. The Kier molecular flexibility index (Phi) is 3.73. The van der Waals surface area contributed by atoms with Gasteiger partial charge in [-0.15, -0.1) is 0 Å². The summed E-state index contributed by atoms with van der Waals surface area (Å²) in [4.78, 5) is 11.2. The van der Waals surface area contributed by atoms with E-state index in [1.165, 1.54) is 6.42 Å². The Morgan fingerprint density at radius 1 is 1.55 bits per heavy atom. The number of imidazole rings is 1. The van der Waals surface area contributed by atoms with Gasteiger partial charge in [0, 0.05) is 39.6 Å². The maximum atomic E-state index is 5.56. The molecule has 6 nitrogen and oxygen atoms in total. The third-order valence-corrected chi connectivity index (χ3v) is 3.76. The Morgan fingerprint density at radius 2 is 2.45 bits per heavy atom. The molecule has 0 aromatic carbocycles. The molecule has 0 radical (unpaired) electrons. The number of hydrogen-bond acceptors (Lipinski definition) is 5. The van der Waals surface area contributed by atoms with Crippen LogP contribution in [0.1, 0.15) is 12.8 Å². The molecule has 0 aliphatic carbocycles. The van der Waals surface area contributed by atoms with E-state index in [0.717, 1.165) is 43.5 Å². The van der Waals surface area contributed by atoms with Gasteiger partial charge in [-0.1, -0.05) is 0 Å². The van der Waals surface area contributed by atoms with Crippen LogP contribution in [0, 0.1) is 5.92 Å². The molecule has 1 fully saturated rings. The van der Waals surface area contributed by atoms with E-state index in [0.29, 0.717) is 5.92 Å². The Balaban J connectivity index is 1.85. The zero-order valence-electron chi connectivity index (χ0n) is 12.0. The van der Waals surface area contributed by atoms with Crippen LogP contribution in [0.25, 0.3) is 5.65 Å². The molecule has 0 spiro atoms. The predicted molar refractivity (Wildman–Crippen MR) is 79.3 cm³/mol. The predicted octanol–water partition coefficient (Wildman–Crippen LogP) is 1.63. The summed E-state index contributed by atoms with van der Waals surface area (Å²) >= 11 is 0. The van der Waals surface area contributed by atoms with Crippen molar-refractivity contribution in [1.82, 2.24) is 14.4 Å². The second kappa shape index (κ2) is 5.66. The third kappa shape index (κ3) is 2.56. The van der Waals surface area contributed by atoms with Gasteiger partial charge in [0.05, 0.1) is 12.8 Å². The first-order valence-electron chi connectivity index (χ1n) is 7.08. The highest BCUT2D eigenvalue weighted by molar-refractivity contribution is 5.66. The average Bonchev–Trinajstić information content (AvgIpc) is 2.95. The summed E-state index contributed by atoms with van der Waals surface area (Å²) in [6.07, 6.45) is 8.07. The standard InChI is InChI=1S/C14H21N5O/c1-15-12-9-19-6-5-16-13(19)14(17-12)18(2)8-11-4-3-7-20-10-11/h5-6,9,11,15H,3-4,7-8,10H2,1-2H3. The summed E-state index contributed by atoms with van der Waals surface area (Å²) in [5.41, 5.74) is 0.892. The van der Waals surface area contributed by atoms with Crippen LogP contribution < -0.4 is 10.2 Å². The molecule has 3 rings (SSSR count). The molecule has 3 heterocycles. The van der Waals surface area contributed by atoms with Crippen molar-refractivity contribution in [3.63, 3.8) is 0 Å². The summed E-state index contributed by atoms with van der Waals surface area (Å²) in [6.45, 7) is 2.70. The maximum Gasteiger partial charge on any atom is 0.180 e. The molecule has 0 bridgehead atoms. The van der Waals surface area contributed by atoms with Crippen LogP contribution in [0.15, 0.2) is 18.6 Å². The molecule has 1 saturated heterocycles. The highest BCUT2D eigenvalue weighted by Crippen LogP contribution is 2.22. The van der Waals surface area contributed by atoms with E-state index in [2.05, 4.69) is 27.2 Å². The van der Waals surface area contributed by atoms with Gasteiger partial charge in [0.25, 0.3) is 0 Å². The fourth-order valence-electron chi connectivity index (χ4n) is 2.72. The molecule has 2 aromatic rings. The monoisotopic (exact) mass is 275 g/mol. The summed E-state index contributed by atoms with van der Waals surface area (Å²) in [7, 11) is 3.95. The summed E-state index contributed by atoms with van der Waals surface area (Å²) in [5.74, 6) is 2.33. The van der Waals surface area contributed by atoms with Crippen LogP contribution in [0.3, 0.4) is 0 Å². The molecule has 1 N–H and O–H groups in total. The van der Waals surface area contributed by atoms with Crippen molar-refractivity contribution in [3.8, 4) is 0 Å². The first-order valence-corrected chi connectivity index (χ1v) is 7.08. The van der Waals surface area contributed by atoms with Gasteiger partial charge in [0.15, 0.2) is 11.5 Å². The lowest BCUT2D eigenvalue weighted by Gasteiger charge is -2.28. The largest absolute Gasteiger partial charge is 0.381 e. The lowest BCUT2D eigenvalue weighted by molar-refractivity contribution is 0.0576. The summed E-state index contributed by atoms with van der Waals surface area (Å²) < 4.78 is 7.56. The molecule has 6 heteroatoms. The van der Waals surface area contributed by atoms with Gasteiger partial charge >= 0.3 is 0 Å². The van der Waals surface area contributed by atoms with Crippen molar-refractivity contribution < 1.29 is 4.74 Å². The van der Waals surface area contributed by atoms with Crippen LogP contribution in [-0.2, 0) is 4.74 Å². The van der Waals surface area contributed by atoms with E-state index in [1.54, 1.807) is 6.20 Å². The van der Waals surface area contributed by atoms with Gasteiger partial charge < -0.3 is 19.4 Å². The van der Waals surface area contributed by atoms with Crippen LogP contribution in [0.5, 0.6) is 0 Å². The first-order chi connectivity index (χ1) is 9.78. The topological polar surface area (TPSA) is 54.7 Å². The van der Waals surface area contributed by atoms with Crippen molar-refractivity contribution >= 4 is 17.3 Å². The number of aromatic nitrogens is 3.